The average molecular weight is 332 g/mol. The summed E-state index contributed by atoms with van der Waals surface area (Å²) in [5.74, 6) is 1.39. The van der Waals surface area contributed by atoms with E-state index in [1.165, 1.54) is 0 Å². The highest BCUT2D eigenvalue weighted by Gasteiger charge is 2.26. The number of methoxy groups -OCH3 is 1. The molecule has 0 aromatic heterocycles. The van der Waals surface area contributed by atoms with E-state index in [1.807, 2.05) is 49.6 Å². The number of piperazine rings is 1. The molecule has 1 heterocycles. The minimum Gasteiger partial charge on any atom is -0.496 e. The molecule has 24 heavy (non-hydrogen) atoms. The van der Waals surface area contributed by atoms with Gasteiger partial charge in [0.05, 0.1) is 7.11 Å². The third kappa shape index (κ3) is 3.89. The molecule has 0 spiro atoms. The van der Waals surface area contributed by atoms with Gasteiger partial charge in [0.2, 0.25) is 5.91 Å². The highest BCUT2D eigenvalue weighted by Crippen LogP contribution is 2.25. The summed E-state index contributed by atoms with van der Waals surface area (Å²) < 4.78 is 5.31. The molecule has 132 valence electrons. The molecule has 1 aliphatic rings. The highest BCUT2D eigenvalue weighted by molar-refractivity contribution is 5.96. The summed E-state index contributed by atoms with van der Waals surface area (Å²) in [6.07, 6.45) is 0.574. The molecular weight excluding hydrogens is 304 g/mol. The smallest absolute Gasteiger partial charge is 0.254 e. The molecule has 1 fully saturated rings. The van der Waals surface area contributed by atoms with Crippen molar-refractivity contribution in [2.24, 2.45) is 5.92 Å². The third-order valence-electron chi connectivity index (χ3n) is 4.69. The lowest BCUT2D eigenvalue weighted by Gasteiger charge is -2.35. The Morgan fingerprint density at radius 2 is 1.62 bits per heavy atom. The van der Waals surface area contributed by atoms with E-state index in [9.17, 15) is 9.59 Å². The van der Waals surface area contributed by atoms with E-state index in [0.717, 1.165) is 22.4 Å². The molecule has 5 nitrogen and oxygen atoms in total. The van der Waals surface area contributed by atoms with Gasteiger partial charge in [0.15, 0.2) is 0 Å². The normalized spacial score (nSPS) is 14.9. The minimum atomic E-state index is 0.0363. The van der Waals surface area contributed by atoms with Crippen molar-refractivity contribution < 1.29 is 14.3 Å². The van der Waals surface area contributed by atoms with Crippen molar-refractivity contribution in [3.05, 3.63) is 28.8 Å². The van der Waals surface area contributed by atoms with Gasteiger partial charge in [-0.3, -0.25) is 9.59 Å². The summed E-state index contributed by atoms with van der Waals surface area (Å²) in [6.45, 7) is 10.4. The fourth-order valence-corrected chi connectivity index (χ4v) is 3.06. The van der Waals surface area contributed by atoms with Gasteiger partial charge in [-0.25, -0.2) is 0 Å². The number of hydrogen-bond donors (Lipinski definition) is 0. The van der Waals surface area contributed by atoms with Gasteiger partial charge in [0, 0.05) is 38.2 Å². The first kappa shape index (κ1) is 18.3. The molecule has 0 N–H and O–H groups in total. The number of carbonyl (C=O) groups excluding carboxylic acids is 2. The molecule has 2 rings (SSSR count). The van der Waals surface area contributed by atoms with Gasteiger partial charge in [-0.15, -0.1) is 0 Å². The number of amides is 2. The zero-order chi connectivity index (χ0) is 17.9. The number of hydrogen-bond acceptors (Lipinski definition) is 3. The maximum Gasteiger partial charge on any atom is 0.254 e. The van der Waals surface area contributed by atoms with Gasteiger partial charge < -0.3 is 14.5 Å². The summed E-state index contributed by atoms with van der Waals surface area (Å²) in [4.78, 5) is 28.7. The van der Waals surface area contributed by atoms with Crippen LogP contribution in [0.2, 0.25) is 0 Å². The third-order valence-corrected chi connectivity index (χ3v) is 4.69. The minimum absolute atomic E-state index is 0.0363. The Morgan fingerprint density at radius 1 is 1.04 bits per heavy atom. The SMILES string of the molecule is COc1ccc(C(=O)N2CCN(C(=O)CC(C)C)CC2)c(C)c1C. The molecule has 1 saturated heterocycles. The molecule has 0 atom stereocenters. The standard InChI is InChI=1S/C19H28N2O3/c1-13(2)12-18(22)20-8-10-21(11-9-20)19(23)16-6-7-17(24-5)15(4)14(16)3/h6-7,13H,8-12H2,1-5H3. The summed E-state index contributed by atoms with van der Waals surface area (Å²) in [5, 5.41) is 0. The van der Waals surface area contributed by atoms with E-state index in [-0.39, 0.29) is 11.8 Å². The lowest BCUT2D eigenvalue weighted by atomic mass is 10.0. The van der Waals surface area contributed by atoms with E-state index >= 15 is 0 Å². The van der Waals surface area contributed by atoms with Crippen LogP contribution in [0, 0.1) is 19.8 Å². The van der Waals surface area contributed by atoms with Crippen LogP contribution in [0.15, 0.2) is 12.1 Å². The van der Waals surface area contributed by atoms with Crippen LogP contribution >= 0.6 is 0 Å². The summed E-state index contributed by atoms with van der Waals surface area (Å²) in [7, 11) is 1.64. The average Bonchev–Trinajstić information content (AvgIpc) is 2.56. The molecular formula is C19H28N2O3. The van der Waals surface area contributed by atoms with Gasteiger partial charge in [0.1, 0.15) is 5.75 Å². The van der Waals surface area contributed by atoms with E-state index in [0.29, 0.717) is 38.5 Å². The molecule has 5 heteroatoms. The molecule has 0 aliphatic carbocycles. The quantitative estimate of drug-likeness (QED) is 0.852. The zero-order valence-electron chi connectivity index (χ0n) is 15.4. The van der Waals surface area contributed by atoms with Gasteiger partial charge in [-0.05, 0) is 43.0 Å². The van der Waals surface area contributed by atoms with Crippen LogP contribution in [0.5, 0.6) is 5.75 Å². The first-order valence-corrected chi connectivity index (χ1v) is 8.56. The van der Waals surface area contributed by atoms with Crippen LogP contribution in [0.3, 0.4) is 0 Å². The summed E-state index contributed by atoms with van der Waals surface area (Å²) in [6, 6.07) is 3.68. The van der Waals surface area contributed by atoms with E-state index in [1.54, 1.807) is 7.11 Å². The number of carbonyl (C=O) groups is 2. The molecule has 2 amide bonds. The second-order valence-electron chi connectivity index (χ2n) is 6.84. The second-order valence-corrected chi connectivity index (χ2v) is 6.84. The van der Waals surface area contributed by atoms with Crippen LogP contribution in [0.25, 0.3) is 0 Å². The van der Waals surface area contributed by atoms with Crippen molar-refractivity contribution in [3.63, 3.8) is 0 Å². The zero-order valence-corrected chi connectivity index (χ0v) is 15.4. The molecule has 0 saturated carbocycles. The van der Waals surface area contributed by atoms with Gasteiger partial charge in [-0.1, -0.05) is 13.8 Å². The molecule has 0 radical (unpaired) electrons. The van der Waals surface area contributed by atoms with Crippen molar-refractivity contribution in [3.8, 4) is 5.75 Å². The largest absolute Gasteiger partial charge is 0.496 e. The van der Waals surface area contributed by atoms with Gasteiger partial charge >= 0.3 is 0 Å². The van der Waals surface area contributed by atoms with Crippen LogP contribution < -0.4 is 4.74 Å². The summed E-state index contributed by atoms with van der Waals surface area (Å²) in [5.41, 5.74) is 2.67. The summed E-state index contributed by atoms with van der Waals surface area (Å²) >= 11 is 0. The first-order chi connectivity index (χ1) is 11.3. The fourth-order valence-electron chi connectivity index (χ4n) is 3.06. The first-order valence-electron chi connectivity index (χ1n) is 8.56. The van der Waals surface area contributed by atoms with Gasteiger partial charge in [-0.2, -0.15) is 0 Å². The van der Waals surface area contributed by atoms with E-state index < -0.39 is 0 Å². The van der Waals surface area contributed by atoms with Crippen LogP contribution in [0.1, 0.15) is 41.8 Å². The van der Waals surface area contributed by atoms with Crippen LogP contribution in [0.4, 0.5) is 0 Å². The number of benzene rings is 1. The highest BCUT2D eigenvalue weighted by atomic mass is 16.5. The fraction of sp³-hybridized carbons (Fsp3) is 0.579. The Balaban J connectivity index is 2.03. The number of nitrogens with zero attached hydrogens (tertiary/aromatic N) is 2. The second kappa shape index (κ2) is 7.69. The maximum atomic E-state index is 12.8. The Labute approximate surface area is 144 Å². The molecule has 1 aliphatic heterocycles. The number of ether oxygens (including phenoxy) is 1. The molecule has 1 aromatic rings. The van der Waals surface area contributed by atoms with Crippen molar-refractivity contribution in [1.82, 2.24) is 9.80 Å². The Kier molecular flexibility index (Phi) is 5.86. The molecule has 0 bridgehead atoms. The number of rotatable bonds is 4. The molecule has 1 aromatic carbocycles. The lowest BCUT2D eigenvalue weighted by Crippen LogP contribution is -2.50. The van der Waals surface area contributed by atoms with E-state index in [2.05, 4.69) is 0 Å². The maximum absolute atomic E-state index is 12.8. The Hall–Kier alpha value is -2.04. The van der Waals surface area contributed by atoms with E-state index in [4.69, 9.17) is 4.74 Å². The molecule has 0 unspecified atom stereocenters. The predicted molar refractivity (Wildman–Crippen MR) is 94.4 cm³/mol. The van der Waals surface area contributed by atoms with Crippen LogP contribution in [-0.2, 0) is 4.79 Å². The van der Waals surface area contributed by atoms with Gasteiger partial charge in [0.25, 0.3) is 5.91 Å². The Morgan fingerprint density at radius 3 is 2.17 bits per heavy atom. The van der Waals surface area contributed by atoms with Crippen molar-refractivity contribution in [2.75, 3.05) is 33.3 Å². The topological polar surface area (TPSA) is 49.9 Å². The predicted octanol–water partition coefficient (Wildman–Crippen LogP) is 2.64. The van der Waals surface area contributed by atoms with Crippen molar-refractivity contribution in [1.29, 1.82) is 0 Å². The lowest BCUT2D eigenvalue weighted by molar-refractivity contribution is -0.133. The monoisotopic (exact) mass is 332 g/mol. The van der Waals surface area contributed by atoms with Crippen molar-refractivity contribution in [2.45, 2.75) is 34.1 Å². The Bertz CT molecular complexity index is 617. The van der Waals surface area contributed by atoms with Crippen molar-refractivity contribution >= 4 is 11.8 Å². The van der Waals surface area contributed by atoms with Crippen LogP contribution in [-0.4, -0.2) is 54.9 Å².